The minimum atomic E-state index is -0.0699. The molecule has 7 heteroatoms. The van der Waals surface area contributed by atoms with Gasteiger partial charge in [-0.3, -0.25) is 19.5 Å². The summed E-state index contributed by atoms with van der Waals surface area (Å²) in [6.07, 6.45) is 8.26. The van der Waals surface area contributed by atoms with Crippen LogP contribution in [0.1, 0.15) is 54.4 Å². The van der Waals surface area contributed by atoms with Crippen LogP contribution < -0.4 is 5.56 Å². The molecule has 1 unspecified atom stereocenters. The highest BCUT2D eigenvalue weighted by atomic mass is 16.2. The number of hydrogen-bond acceptors (Lipinski definition) is 5. The highest BCUT2D eigenvalue weighted by molar-refractivity contribution is 5.81. The molecule has 1 atom stereocenters. The van der Waals surface area contributed by atoms with Gasteiger partial charge in [0.1, 0.15) is 5.82 Å². The van der Waals surface area contributed by atoms with Crippen LogP contribution in [-0.4, -0.2) is 43.7 Å². The lowest BCUT2D eigenvalue weighted by Gasteiger charge is -2.29. The average molecular weight is 379 g/mol. The first-order valence-corrected chi connectivity index (χ1v) is 10.2. The molecule has 5 rings (SSSR count). The molecule has 1 N–H and O–H groups in total. The molecule has 1 saturated heterocycles. The number of nitrogens with one attached hydrogen (secondary N) is 1. The predicted molar refractivity (Wildman–Crippen MR) is 103 cm³/mol. The Morgan fingerprint density at radius 1 is 1.25 bits per heavy atom. The molecule has 0 radical (unpaired) electrons. The minimum absolute atomic E-state index is 0.0541. The number of nitrogens with zero attached hydrogens (tertiary/aromatic N) is 4. The van der Waals surface area contributed by atoms with Gasteiger partial charge in [0.25, 0.3) is 5.56 Å². The molecular weight excluding hydrogens is 354 g/mol. The molecule has 28 heavy (non-hydrogen) atoms. The summed E-state index contributed by atoms with van der Waals surface area (Å²) >= 11 is 0. The summed E-state index contributed by atoms with van der Waals surface area (Å²) in [5.74, 6) is 1.12. The predicted octanol–water partition coefficient (Wildman–Crippen LogP) is 1.80. The molecule has 2 aromatic rings. The number of aromatic amines is 1. The first-order valence-electron chi connectivity index (χ1n) is 10.2. The Labute approximate surface area is 163 Å². The molecule has 146 valence electrons. The quantitative estimate of drug-likeness (QED) is 0.876. The zero-order chi connectivity index (χ0) is 19.1. The van der Waals surface area contributed by atoms with Gasteiger partial charge in [0.15, 0.2) is 0 Å². The van der Waals surface area contributed by atoms with Crippen molar-refractivity contribution < 1.29 is 4.79 Å². The molecule has 1 aliphatic carbocycles. The molecule has 1 saturated carbocycles. The van der Waals surface area contributed by atoms with Crippen LogP contribution in [0.15, 0.2) is 29.3 Å². The minimum Gasteiger partial charge on any atom is -0.332 e. The number of carbonyl (C=O) groups excluding carboxylic acids is 1. The Morgan fingerprint density at radius 2 is 2.14 bits per heavy atom. The summed E-state index contributed by atoms with van der Waals surface area (Å²) in [5, 5.41) is 0. The Morgan fingerprint density at radius 3 is 2.93 bits per heavy atom. The molecule has 2 fully saturated rings. The lowest BCUT2D eigenvalue weighted by molar-refractivity contribution is -0.133. The fraction of sp³-hybridized carbons (Fsp3) is 0.524. The third kappa shape index (κ3) is 3.35. The van der Waals surface area contributed by atoms with E-state index in [4.69, 9.17) is 4.98 Å². The highest BCUT2D eigenvalue weighted by Crippen LogP contribution is 2.37. The van der Waals surface area contributed by atoms with E-state index < -0.39 is 0 Å². The van der Waals surface area contributed by atoms with Crippen LogP contribution in [0.4, 0.5) is 0 Å². The SMILES string of the molecule is O=C(C1CC1)N1CCCC1c1nc2c(c(=O)[nH]1)CN(Cc1cccnc1)CC2. The third-order valence-corrected chi connectivity index (χ3v) is 6.07. The van der Waals surface area contributed by atoms with E-state index in [0.717, 1.165) is 68.6 Å². The average Bonchev–Trinajstić information content (AvgIpc) is 3.45. The Balaban J connectivity index is 1.36. The van der Waals surface area contributed by atoms with Crippen molar-refractivity contribution in [2.75, 3.05) is 13.1 Å². The van der Waals surface area contributed by atoms with E-state index >= 15 is 0 Å². The number of pyridine rings is 1. The van der Waals surface area contributed by atoms with Crippen LogP contribution >= 0.6 is 0 Å². The fourth-order valence-corrected chi connectivity index (χ4v) is 4.42. The van der Waals surface area contributed by atoms with Gasteiger partial charge in [-0.25, -0.2) is 4.98 Å². The molecule has 0 spiro atoms. The van der Waals surface area contributed by atoms with Crippen LogP contribution in [0.5, 0.6) is 0 Å². The molecule has 7 nitrogen and oxygen atoms in total. The van der Waals surface area contributed by atoms with Crippen molar-refractivity contribution in [3.8, 4) is 0 Å². The lowest BCUT2D eigenvalue weighted by atomic mass is 10.1. The third-order valence-electron chi connectivity index (χ3n) is 6.07. The topological polar surface area (TPSA) is 82.2 Å². The zero-order valence-corrected chi connectivity index (χ0v) is 15.9. The molecule has 3 aliphatic rings. The van der Waals surface area contributed by atoms with Crippen LogP contribution in [0.3, 0.4) is 0 Å². The van der Waals surface area contributed by atoms with Gasteiger partial charge < -0.3 is 9.88 Å². The van der Waals surface area contributed by atoms with Crippen molar-refractivity contribution in [1.82, 2.24) is 24.8 Å². The number of hydrogen-bond donors (Lipinski definition) is 1. The van der Waals surface area contributed by atoms with E-state index in [1.54, 1.807) is 6.20 Å². The molecule has 4 heterocycles. The van der Waals surface area contributed by atoms with Gasteiger partial charge in [-0.2, -0.15) is 0 Å². The maximum Gasteiger partial charge on any atom is 0.255 e. The normalized spacial score (nSPS) is 22.3. The van der Waals surface area contributed by atoms with Crippen molar-refractivity contribution in [3.63, 3.8) is 0 Å². The standard InChI is InChI=1S/C21H25N5O2/c27-20-16-13-25(12-14-3-1-8-22-11-14)10-7-17(16)23-19(24-20)18-4-2-9-26(18)21(28)15-5-6-15/h1,3,8,11,15,18H,2,4-7,9-10,12-13H2,(H,23,24,27). The Kier molecular flexibility index (Phi) is 4.47. The second-order valence-corrected chi connectivity index (χ2v) is 8.16. The van der Waals surface area contributed by atoms with E-state index in [1.165, 1.54) is 0 Å². The van der Waals surface area contributed by atoms with E-state index in [1.807, 2.05) is 17.2 Å². The first-order chi connectivity index (χ1) is 13.7. The van der Waals surface area contributed by atoms with E-state index in [2.05, 4.69) is 20.9 Å². The highest BCUT2D eigenvalue weighted by Gasteiger charge is 2.40. The van der Waals surface area contributed by atoms with Gasteiger partial charge in [-0.15, -0.1) is 0 Å². The second-order valence-electron chi connectivity index (χ2n) is 8.16. The summed E-state index contributed by atoms with van der Waals surface area (Å²) in [6.45, 7) is 3.02. The van der Waals surface area contributed by atoms with Gasteiger partial charge in [-0.1, -0.05) is 6.07 Å². The summed E-state index contributed by atoms with van der Waals surface area (Å²) in [7, 11) is 0. The monoisotopic (exact) mass is 379 g/mol. The first kappa shape index (κ1) is 17.6. The van der Waals surface area contributed by atoms with Gasteiger partial charge in [0.2, 0.25) is 5.91 Å². The summed E-state index contributed by atoms with van der Waals surface area (Å²) in [6, 6.07) is 3.92. The number of likely N-dealkylation sites (tertiary alicyclic amines) is 1. The molecule has 2 aromatic heterocycles. The van der Waals surface area contributed by atoms with Gasteiger partial charge in [0, 0.05) is 50.9 Å². The molecule has 1 amide bonds. The van der Waals surface area contributed by atoms with Gasteiger partial charge in [-0.05, 0) is 37.3 Å². The smallest absolute Gasteiger partial charge is 0.255 e. The van der Waals surface area contributed by atoms with Crippen molar-refractivity contribution in [1.29, 1.82) is 0 Å². The number of aromatic nitrogens is 3. The van der Waals surface area contributed by atoms with Crippen molar-refractivity contribution in [3.05, 3.63) is 57.5 Å². The lowest BCUT2D eigenvalue weighted by Crippen LogP contribution is -2.38. The maximum atomic E-state index is 12.8. The zero-order valence-electron chi connectivity index (χ0n) is 15.9. The molecule has 0 aromatic carbocycles. The summed E-state index contributed by atoms with van der Waals surface area (Å²) in [5.41, 5.74) is 2.75. The Hall–Kier alpha value is -2.54. The molecular formula is C21H25N5O2. The van der Waals surface area contributed by atoms with Gasteiger partial charge >= 0.3 is 0 Å². The van der Waals surface area contributed by atoms with E-state index in [0.29, 0.717) is 12.4 Å². The van der Waals surface area contributed by atoms with Crippen molar-refractivity contribution in [2.45, 2.75) is 51.2 Å². The van der Waals surface area contributed by atoms with Crippen LogP contribution in [0.25, 0.3) is 0 Å². The molecule has 0 bridgehead atoms. The number of H-pyrrole nitrogens is 1. The van der Waals surface area contributed by atoms with E-state index in [9.17, 15) is 9.59 Å². The van der Waals surface area contributed by atoms with Crippen molar-refractivity contribution >= 4 is 5.91 Å². The summed E-state index contributed by atoms with van der Waals surface area (Å²) in [4.78, 5) is 41.6. The maximum absolute atomic E-state index is 12.8. The van der Waals surface area contributed by atoms with Crippen molar-refractivity contribution in [2.24, 2.45) is 5.92 Å². The Bertz CT molecular complexity index is 938. The van der Waals surface area contributed by atoms with Crippen LogP contribution in [-0.2, 0) is 24.3 Å². The van der Waals surface area contributed by atoms with E-state index in [-0.39, 0.29) is 23.4 Å². The van der Waals surface area contributed by atoms with Crippen LogP contribution in [0, 0.1) is 5.92 Å². The van der Waals surface area contributed by atoms with Gasteiger partial charge in [0.05, 0.1) is 17.3 Å². The fourth-order valence-electron chi connectivity index (χ4n) is 4.42. The number of fused-ring (bicyclic) bond motifs is 1. The number of rotatable bonds is 4. The number of amides is 1. The van der Waals surface area contributed by atoms with Crippen LogP contribution in [0.2, 0.25) is 0 Å². The molecule has 2 aliphatic heterocycles. The summed E-state index contributed by atoms with van der Waals surface area (Å²) < 4.78 is 0. The largest absolute Gasteiger partial charge is 0.332 e. The number of carbonyl (C=O) groups is 1. The second kappa shape index (κ2) is 7.13.